The molecule has 0 aliphatic carbocycles. The van der Waals surface area contributed by atoms with E-state index >= 15 is 0 Å². The van der Waals surface area contributed by atoms with Crippen molar-refractivity contribution in [1.82, 2.24) is 9.80 Å². The third kappa shape index (κ3) is 6.27. The minimum atomic E-state index is -0.516. The number of halogens is 1. The molecular weight excluding hydrogens is 611 g/mol. The Balaban J connectivity index is 1.45. The first-order chi connectivity index (χ1) is 17.8. The fourth-order valence-corrected chi connectivity index (χ4v) is 5.65. The third-order valence-corrected chi connectivity index (χ3v) is 7.55. The number of hydrogen-bond acceptors (Lipinski definition) is 8. The molecule has 9 nitrogen and oxygen atoms in total. The van der Waals surface area contributed by atoms with Crippen molar-refractivity contribution in [2.24, 2.45) is 0 Å². The summed E-state index contributed by atoms with van der Waals surface area (Å²) in [6.07, 6.45) is 2.32. The number of methoxy groups -OCH3 is 1. The first kappa shape index (κ1) is 27.0. The number of thioether (sulfide) groups is 1. The number of rotatable bonds is 8. The smallest absolute Gasteiger partial charge is 0.344 e. The minimum Gasteiger partial charge on any atom is -0.493 e. The van der Waals surface area contributed by atoms with Crippen LogP contribution < -0.4 is 9.47 Å². The van der Waals surface area contributed by atoms with E-state index in [-0.39, 0.29) is 30.6 Å². The Morgan fingerprint density at radius 3 is 2.65 bits per heavy atom. The van der Waals surface area contributed by atoms with E-state index in [1.165, 1.54) is 12.7 Å². The number of nitrogens with zero attached hydrogens (tertiary/aromatic N) is 2. The normalized spacial score (nSPS) is 16.1. The molecule has 0 atom stereocenters. The van der Waals surface area contributed by atoms with Crippen molar-refractivity contribution in [2.75, 3.05) is 33.4 Å². The van der Waals surface area contributed by atoms with Crippen LogP contribution in [0.3, 0.4) is 0 Å². The second-order valence-electron chi connectivity index (χ2n) is 8.23. The number of benzene rings is 2. The van der Waals surface area contributed by atoms with Gasteiger partial charge in [-0.1, -0.05) is 24.3 Å². The molecule has 0 bridgehead atoms. The molecule has 37 heavy (non-hydrogen) atoms. The van der Waals surface area contributed by atoms with Gasteiger partial charge in [0.25, 0.3) is 11.1 Å². The molecule has 2 aliphatic rings. The van der Waals surface area contributed by atoms with Crippen LogP contribution in [-0.4, -0.2) is 66.2 Å². The van der Waals surface area contributed by atoms with Gasteiger partial charge >= 0.3 is 5.97 Å². The van der Waals surface area contributed by atoms with Gasteiger partial charge in [-0.25, -0.2) is 4.79 Å². The minimum absolute atomic E-state index is 0.208. The highest BCUT2D eigenvalue weighted by molar-refractivity contribution is 14.1. The Kier molecular flexibility index (Phi) is 8.75. The van der Waals surface area contributed by atoms with Crippen LogP contribution in [0.1, 0.15) is 23.6 Å². The summed E-state index contributed by atoms with van der Waals surface area (Å²) >= 11 is 2.83. The van der Waals surface area contributed by atoms with Gasteiger partial charge in [0, 0.05) is 13.1 Å². The zero-order valence-electron chi connectivity index (χ0n) is 20.3. The summed E-state index contributed by atoms with van der Waals surface area (Å²) in [5.74, 6) is -0.548. The van der Waals surface area contributed by atoms with Crippen molar-refractivity contribution in [3.8, 4) is 11.5 Å². The molecule has 2 aromatic rings. The maximum Gasteiger partial charge on any atom is 0.344 e. The second kappa shape index (κ2) is 12.0. The van der Waals surface area contributed by atoms with Crippen molar-refractivity contribution in [3.63, 3.8) is 0 Å². The average Bonchev–Trinajstić information content (AvgIpc) is 3.14. The van der Waals surface area contributed by atoms with E-state index in [9.17, 15) is 19.2 Å². The van der Waals surface area contributed by atoms with Gasteiger partial charge in [-0.3, -0.25) is 19.3 Å². The van der Waals surface area contributed by atoms with Crippen molar-refractivity contribution in [1.29, 1.82) is 0 Å². The van der Waals surface area contributed by atoms with Crippen LogP contribution in [0.15, 0.2) is 41.3 Å². The summed E-state index contributed by atoms with van der Waals surface area (Å²) in [6.45, 7) is 2.40. The molecule has 194 valence electrons. The maximum absolute atomic E-state index is 13.0. The molecule has 0 N–H and O–H groups in total. The molecule has 0 spiro atoms. The van der Waals surface area contributed by atoms with Crippen LogP contribution >= 0.6 is 34.4 Å². The molecule has 1 fully saturated rings. The molecule has 4 rings (SSSR count). The molecule has 3 amide bonds. The molecular formula is C26H25IN2O7S. The number of amides is 3. The lowest BCUT2D eigenvalue weighted by Crippen LogP contribution is -2.44. The zero-order chi connectivity index (χ0) is 26.5. The summed E-state index contributed by atoms with van der Waals surface area (Å²) in [4.78, 5) is 53.1. The molecule has 0 radical (unpaired) electrons. The number of carbonyl (C=O) groups is 4. The van der Waals surface area contributed by atoms with E-state index in [1.807, 2.05) is 46.9 Å². The maximum atomic E-state index is 13.0. The van der Waals surface area contributed by atoms with E-state index in [1.54, 1.807) is 30.0 Å². The third-order valence-electron chi connectivity index (χ3n) is 5.84. The Morgan fingerprint density at radius 2 is 1.92 bits per heavy atom. The SMILES string of the molecule is CCOC(=O)COc1c(I)cc(/C=C2/SC(=O)N(CC(=O)N3CCc4ccccc4C3)C2=O)cc1OC. The van der Waals surface area contributed by atoms with Crippen LogP contribution in [-0.2, 0) is 32.1 Å². The van der Waals surface area contributed by atoms with E-state index in [0.29, 0.717) is 33.7 Å². The summed E-state index contributed by atoms with van der Waals surface area (Å²) in [7, 11) is 1.46. The number of carbonyl (C=O) groups excluding carboxylic acids is 4. The molecule has 11 heteroatoms. The highest BCUT2D eigenvalue weighted by Crippen LogP contribution is 2.37. The highest BCUT2D eigenvalue weighted by Gasteiger charge is 2.37. The molecule has 2 aromatic carbocycles. The van der Waals surface area contributed by atoms with Gasteiger partial charge in [0.2, 0.25) is 5.91 Å². The number of ether oxygens (including phenoxy) is 3. The summed E-state index contributed by atoms with van der Waals surface area (Å²) in [5, 5.41) is -0.488. The van der Waals surface area contributed by atoms with Crippen LogP contribution in [0.2, 0.25) is 0 Å². The Morgan fingerprint density at radius 1 is 1.16 bits per heavy atom. The fourth-order valence-electron chi connectivity index (χ4n) is 4.03. The zero-order valence-corrected chi connectivity index (χ0v) is 23.3. The van der Waals surface area contributed by atoms with Gasteiger partial charge in [-0.15, -0.1) is 0 Å². The fraction of sp³-hybridized carbons (Fsp3) is 0.308. The molecule has 2 heterocycles. The number of imide groups is 1. The number of hydrogen-bond donors (Lipinski definition) is 0. The predicted molar refractivity (Wildman–Crippen MR) is 146 cm³/mol. The van der Waals surface area contributed by atoms with Crippen molar-refractivity contribution < 1.29 is 33.4 Å². The standard InChI is InChI=1S/C26H25IN2O7S/c1-3-35-23(31)15-36-24-19(27)10-16(11-20(24)34-2)12-21-25(32)29(26(33)37-21)14-22(30)28-9-8-17-6-4-5-7-18(17)13-28/h4-7,10-12H,3,8-9,13-15H2,1-2H3/b21-12+. The summed E-state index contributed by atoms with van der Waals surface area (Å²) in [6, 6.07) is 11.3. The van der Waals surface area contributed by atoms with Crippen LogP contribution in [0.25, 0.3) is 6.08 Å². The topological polar surface area (TPSA) is 102 Å². The first-order valence-corrected chi connectivity index (χ1v) is 13.5. The lowest BCUT2D eigenvalue weighted by atomic mass is 10.00. The van der Waals surface area contributed by atoms with Gasteiger partial charge in [0.1, 0.15) is 6.54 Å². The van der Waals surface area contributed by atoms with Crippen LogP contribution in [0.5, 0.6) is 11.5 Å². The molecule has 2 aliphatic heterocycles. The Hall–Kier alpha value is -3.06. The first-order valence-electron chi connectivity index (χ1n) is 11.6. The quantitative estimate of drug-likeness (QED) is 0.245. The van der Waals surface area contributed by atoms with Gasteiger partial charge in [-0.05, 0) is 82.6 Å². The van der Waals surface area contributed by atoms with E-state index in [2.05, 4.69) is 0 Å². The van der Waals surface area contributed by atoms with E-state index < -0.39 is 17.1 Å². The molecule has 0 aromatic heterocycles. The molecule has 1 saturated heterocycles. The average molecular weight is 636 g/mol. The lowest BCUT2D eigenvalue weighted by molar-refractivity contribution is -0.145. The summed E-state index contributed by atoms with van der Waals surface area (Å²) in [5.41, 5.74) is 2.89. The Labute approximate surface area is 232 Å². The highest BCUT2D eigenvalue weighted by atomic mass is 127. The van der Waals surface area contributed by atoms with E-state index in [0.717, 1.165) is 28.6 Å². The lowest BCUT2D eigenvalue weighted by Gasteiger charge is -2.29. The van der Waals surface area contributed by atoms with Crippen LogP contribution in [0, 0.1) is 3.57 Å². The van der Waals surface area contributed by atoms with Gasteiger partial charge in [0.05, 0.1) is 22.2 Å². The van der Waals surface area contributed by atoms with Crippen molar-refractivity contribution >= 4 is 63.5 Å². The largest absolute Gasteiger partial charge is 0.493 e. The summed E-state index contributed by atoms with van der Waals surface area (Å²) < 4.78 is 16.5. The molecule has 0 unspecified atom stereocenters. The van der Waals surface area contributed by atoms with Gasteiger partial charge < -0.3 is 19.1 Å². The predicted octanol–water partition coefficient (Wildman–Crippen LogP) is 3.86. The van der Waals surface area contributed by atoms with Gasteiger partial charge in [-0.2, -0.15) is 0 Å². The number of fused-ring (bicyclic) bond motifs is 1. The monoisotopic (exact) mass is 636 g/mol. The molecule has 0 saturated carbocycles. The van der Waals surface area contributed by atoms with E-state index in [4.69, 9.17) is 14.2 Å². The number of esters is 1. The van der Waals surface area contributed by atoms with Crippen molar-refractivity contribution in [3.05, 3.63) is 61.6 Å². The van der Waals surface area contributed by atoms with Crippen LogP contribution in [0.4, 0.5) is 4.79 Å². The second-order valence-corrected chi connectivity index (χ2v) is 10.4. The van der Waals surface area contributed by atoms with Crippen molar-refractivity contribution in [2.45, 2.75) is 19.9 Å². The van der Waals surface area contributed by atoms with Gasteiger partial charge in [0.15, 0.2) is 18.1 Å². The Bertz CT molecular complexity index is 1280.